The zero-order valence-electron chi connectivity index (χ0n) is 12.4. The molecule has 0 aromatic heterocycles. The number of nitrogens with one attached hydrogen (secondary N) is 1. The smallest absolute Gasteiger partial charge is 0.276 e. The van der Waals surface area contributed by atoms with Crippen LogP contribution >= 0.6 is 0 Å². The second kappa shape index (κ2) is 5.58. The molecule has 4 rings (SSSR count). The number of phenolic OH excluding ortho intramolecular Hbond substituents is 1. The molecular formula is C16H12N6O2. The zero-order chi connectivity index (χ0) is 16.5. The van der Waals surface area contributed by atoms with E-state index in [0.29, 0.717) is 17.9 Å². The van der Waals surface area contributed by atoms with Crippen molar-refractivity contribution in [1.29, 1.82) is 0 Å². The van der Waals surface area contributed by atoms with Gasteiger partial charge in [0.2, 0.25) is 0 Å². The van der Waals surface area contributed by atoms with E-state index in [2.05, 4.69) is 25.7 Å². The molecule has 24 heavy (non-hydrogen) atoms. The summed E-state index contributed by atoms with van der Waals surface area (Å²) in [7, 11) is 0. The van der Waals surface area contributed by atoms with Crippen molar-refractivity contribution in [3.05, 3.63) is 54.1 Å². The van der Waals surface area contributed by atoms with Gasteiger partial charge in [-0.05, 0) is 30.3 Å². The Bertz CT molecular complexity index is 901. The zero-order valence-corrected chi connectivity index (χ0v) is 12.4. The van der Waals surface area contributed by atoms with Crippen LogP contribution in [0.4, 0.5) is 11.4 Å². The topological polar surface area (TPSA) is 102 Å². The maximum Gasteiger partial charge on any atom is 0.276 e. The molecule has 0 saturated heterocycles. The third-order valence-electron chi connectivity index (χ3n) is 3.65. The minimum Gasteiger partial charge on any atom is -0.508 e. The summed E-state index contributed by atoms with van der Waals surface area (Å²) >= 11 is 0. The van der Waals surface area contributed by atoms with Gasteiger partial charge < -0.3 is 10.4 Å². The lowest BCUT2D eigenvalue weighted by Crippen LogP contribution is -2.24. The Morgan fingerprint density at radius 2 is 1.88 bits per heavy atom. The number of para-hydroxylation sites is 1. The van der Waals surface area contributed by atoms with Gasteiger partial charge in [0.05, 0.1) is 5.69 Å². The summed E-state index contributed by atoms with van der Waals surface area (Å²) < 4.78 is 0. The van der Waals surface area contributed by atoms with Crippen LogP contribution in [0.15, 0.2) is 69.0 Å². The number of hydrogen-bond donors (Lipinski definition) is 2. The molecule has 2 aliphatic heterocycles. The van der Waals surface area contributed by atoms with Crippen molar-refractivity contribution >= 4 is 29.0 Å². The van der Waals surface area contributed by atoms with Gasteiger partial charge in [-0.15, -0.1) is 15.3 Å². The first-order valence-electron chi connectivity index (χ1n) is 7.23. The van der Waals surface area contributed by atoms with Crippen LogP contribution in [0, 0.1) is 0 Å². The lowest BCUT2D eigenvalue weighted by molar-refractivity contribution is -0.110. The lowest BCUT2D eigenvalue weighted by Gasteiger charge is -2.14. The van der Waals surface area contributed by atoms with E-state index in [-0.39, 0.29) is 23.3 Å². The predicted molar refractivity (Wildman–Crippen MR) is 89.4 cm³/mol. The fourth-order valence-corrected chi connectivity index (χ4v) is 2.48. The van der Waals surface area contributed by atoms with Crippen LogP contribution in [0.5, 0.6) is 5.75 Å². The first-order valence-corrected chi connectivity index (χ1v) is 7.23. The summed E-state index contributed by atoms with van der Waals surface area (Å²) in [6.45, 7) is 0.303. The van der Waals surface area contributed by atoms with Gasteiger partial charge in [-0.2, -0.15) is 5.11 Å². The van der Waals surface area contributed by atoms with Gasteiger partial charge in [0.25, 0.3) is 11.9 Å². The SMILES string of the molecule is O=C1Nc2ccccc2/C1=N/N=C1/N=NCN1c1ccc(O)cc1. The number of guanidine groups is 1. The van der Waals surface area contributed by atoms with Gasteiger partial charge in [0, 0.05) is 11.3 Å². The minimum atomic E-state index is -0.299. The lowest BCUT2D eigenvalue weighted by atomic mass is 10.1. The third kappa shape index (κ3) is 2.39. The van der Waals surface area contributed by atoms with Gasteiger partial charge in [0.1, 0.15) is 12.4 Å². The number of fused-ring (bicyclic) bond motifs is 1. The van der Waals surface area contributed by atoms with Gasteiger partial charge in [-0.1, -0.05) is 18.2 Å². The van der Waals surface area contributed by atoms with E-state index >= 15 is 0 Å². The largest absolute Gasteiger partial charge is 0.508 e. The molecule has 2 aliphatic rings. The van der Waals surface area contributed by atoms with Crippen molar-refractivity contribution in [2.45, 2.75) is 0 Å². The molecule has 2 aromatic rings. The molecule has 0 radical (unpaired) electrons. The van der Waals surface area contributed by atoms with Crippen LogP contribution in [-0.2, 0) is 4.79 Å². The van der Waals surface area contributed by atoms with Gasteiger partial charge >= 0.3 is 0 Å². The molecule has 118 valence electrons. The Balaban J connectivity index is 1.66. The number of rotatable bonds is 2. The first kappa shape index (κ1) is 14.1. The molecule has 0 atom stereocenters. The summed E-state index contributed by atoms with van der Waals surface area (Å²) in [4.78, 5) is 13.7. The van der Waals surface area contributed by atoms with Gasteiger partial charge in [-0.25, -0.2) is 0 Å². The van der Waals surface area contributed by atoms with Gasteiger partial charge in [-0.3, -0.25) is 9.69 Å². The number of azo groups is 1. The summed E-state index contributed by atoms with van der Waals surface area (Å²) in [6, 6.07) is 13.9. The number of nitrogens with zero attached hydrogens (tertiary/aromatic N) is 5. The maximum absolute atomic E-state index is 12.0. The molecule has 8 heteroatoms. The Morgan fingerprint density at radius 1 is 1.08 bits per heavy atom. The van der Waals surface area contributed by atoms with Gasteiger partial charge in [0.15, 0.2) is 5.71 Å². The normalized spacial score (nSPS) is 19.2. The average molecular weight is 320 g/mol. The third-order valence-corrected chi connectivity index (χ3v) is 3.65. The van der Waals surface area contributed by atoms with Crippen molar-refractivity contribution in [3.63, 3.8) is 0 Å². The van der Waals surface area contributed by atoms with E-state index in [1.807, 2.05) is 12.1 Å². The number of hydrogen-bond acceptors (Lipinski definition) is 5. The molecule has 8 nitrogen and oxygen atoms in total. The summed E-state index contributed by atoms with van der Waals surface area (Å²) in [6.07, 6.45) is 0. The summed E-state index contributed by atoms with van der Waals surface area (Å²) in [5.74, 6) is 0.154. The molecule has 0 unspecified atom stereocenters. The number of benzene rings is 2. The standard InChI is InChI=1S/C16H12N6O2/c23-11-7-5-10(6-8-11)22-9-17-20-16(22)21-19-14-12-3-1-2-4-13(12)18-15(14)24/h1-8,23H,9H2,(H,18,19,24)/b21-16-. The van der Waals surface area contributed by atoms with Crippen molar-refractivity contribution in [1.82, 2.24) is 0 Å². The van der Waals surface area contributed by atoms with E-state index in [9.17, 15) is 9.90 Å². The molecule has 2 N–H and O–H groups in total. The molecule has 0 fully saturated rings. The quantitative estimate of drug-likeness (QED) is 0.830. The molecular weight excluding hydrogens is 308 g/mol. The molecule has 0 bridgehead atoms. The number of amides is 1. The van der Waals surface area contributed by atoms with Crippen LogP contribution in [0.2, 0.25) is 0 Å². The van der Waals surface area contributed by atoms with E-state index in [0.717, 1.165) is 5.69 Å². The molecule has 1 amide bonds. The summed E-state index contributed by atoms with van der Waals surface area (Å²) in [5.41, 5.74) is 2.43. The molecule has 0 spiro atoms. The van der Waals surface area contributed by atoms with Crippen molar-refractivity contribution in [2.75, 3.05) is 16.9 Å². The van der Waals surface area contributed by atoms with Crippen LogP contribution < -0.4 is 10.2 Å². The highest BCUT2D eigenvalue weighted by Gasteiger charge is 2.26. The Morgan fingerprint density at radius 3 is 2.71 bits per heavy atom. The second-order valence-electron chi connectivity index (χ2n) is 5.18. The van der Waals surface area contributed by atoms with Crippen molar-refractivity contribution in [2.24, 2.45) is 20.4 Å². The minimum absolute atomic E-state index is 0.171. The number of phenols is 1. The van der Waals surface area contributed by atoms with Crippen LogP contribution in [0.1, 0.15) is 5.56 Å². The van der Waals surface area contributed by atoms with Crippen molar-refractivity contribution in [3.8, 4) is 5.75 Å². The number of carbonyl (C=O) groups is 1. The highest BCUT2D eigenvalue weighted by atomic mass is 16.3. The fraction of sp³-hybridized carbons (Fsp3) is 0.0625. The Hall–Kier alpha value is -3.55. The summed E-state index contributed by atoms with van der Waals surface area (Å²) in [5, 5.41) is 28.2. The van der Waals surface area contributed by atoms with E-state index in [1.54, 1.807) is 41.3 Å². The first-order chi connectivity index (χ1) is 11.7. The Labute approximate surface area is 136 Å². The van der Waals surface area contributed by atoms with E-state index < -0.39 is 0 Å². The number of anilines is 2. The van der Waals surface area contributed by atoms with E-state index in [4.69, 9.17) is 0 Å². The molecule has 2 aromatic carbocycles. The van der Waals surface area contributed by atoms with Crippen LogP contribution in [0.25, 0.3) is 0 Å². The fourth-order valence-electron chi connectivity index (χ4n) is 2.48. The van der Waals surface area contributed by atoms with E-state index in [1.165, 1.54) is 0 Å². The maximum atomic E-state index is 12.0. The Kier molecular flexibility index (Phi) is 3.27. The second-order valence-corrected chi connectivity index (χ2v) is 5.18. The molecule has 0 aliphatic carbocycles. The molecule has 0 saturated carbocycles. The number of carbonyl (C=O) groups excluding carboxylic acids is 1. The highest BCUT2D eigenvalue weighted by molar-refractivity contribution is 6.53. The number of aromatic hydroxyl groups is 1. The van der Waals surface area contributed by atoms with Crippen LogP contribution in [-0.4, -0.2) is 29.4 Å². The highest BCUT2D eigenvalue weighted by Crippen LogP contribution is 2.24. The molecule has 2 heterocycles. The monoisotopic (exact) mass is 320 g/mol. The predicted octanol–water partition coefficient (Wildman–Crippen LogP) is 2.33. The van der Waals surface area contributed by atoms with Crippen molar-refractivity contribution < 1.29 is 9.90 Å². The average Bonchev–Trinajstić information content (AvgIpc) is 3.17. The van der Waals surface area contributed by atoms with Crippen LogP contribution in [0.3, 0.4) is 0 Å².